The van der Waals surface area contributed by atoms with Gasteiger partial charge in [-0.2, -0.15) is 14.6 Å². The molecular weight excluding hydrogens is 360 g/mol. The number of para-hydroxylation sites is 1. The molecule has 5 N–H and O–H groups in total. The maximum Gasteiger partial charge on any atom is 0.348 e. The van der Waals surface area contributed by atoms with Crippen LogP contribution in [0.5, 0.6) is 0 Å². The molecule has 1 atom stereocenters. The van der Waals surface area contributed by atoms with Crippen LogP contribution in [0.4, 0.5) is 23.4 Å². The fourth-order valence-electron chi connectivity index (χ4n) is 3.34. The number of hydrogen-bond donors (Lipinski definition) is 4. The zero-order valence-electron chi connectivity index (χ0n) is 15.2. The van der Waals surface area contributed by atoms with Crippen LogP contribution in [-0.4, -0.2) is 49.5 Å². The number of nitrogens with one attached hydrogen (secondary N) is 2. The summed E-state index contributed by atoms with van der Waals surface area (Å²) in [5, 5.41) is 16.8. The van der Waals surface area contributed by atoms with Gasteiger partial charge in [-0.1, -0.05) is 18.2 Å². The Hall–Kier alpha value is -3.40. The minimum Gasteiger partial charge on any atom is -0.396 e. The van der Waals surface area contributed by atoms with Crippen molar-refractivity contribution < 1.29 is 5.11 Å². The quantitative estimate of drug-likeness (QED) is 0.510. The second-order valence-corrected chi connectivity index (χ2v) is 6.76. The van der Waals surface area contributed by atoms with E-state index in [1.807, 2.05) is 35.2 Å². The lowest BCUT2D eigenvalue weighted by atomic mass is 9.99. The first-order valence-corrected chi connectivity index (χ1v) is 9.14. The van der Waals surface area contributed by atoms with Crippen LogP contribution in [0.3, 0.4) is 0 Å². The average Bonchev–Trinajstić information content (AvgIpc) is 3.08. The van der Waals surface area contributed by atoms with Gasteiger partial charge < -0.3 is 21.1 Å². The van der Waals surface area contributed by atoms with Crippen molar-refractivity contribution in [2.75, 3.05) is 35.6 Å². The molecule has 0 saturated carbocycles. The van der Waals surface area contributed by atoms with E-state index in [-0.39, 0.29) is 24.3 Å². The fourth-order valence-corrected chi connectivity index (χ4v) is 3.34. The van der Waals surface area contributed by atoms with Crippen molar-refractivity contribution in [1.82, 2.24) is 24.7 Å². The van der Waals surface area contributed by atoms with Crippen LogP contribution in [0.25, 0.3) is 5.82 Å². The van der Waals surface area contributed by atoms with E-state index in [1.54, 1.807) is 6.07 Å². The summed E-state index contributed by atoms with van der Waals surface area (Å²) in [5.41, 5.74) is 6.33. The molecule has 1 saturated heterocycles. The van der Waals surface area contributed by atoms with Gasteiger partial charge in [0.25, 0.3) is 0 Å². The predicted molar refractivity (Wildman–Crippen MR) is 106 cm³/mol. The highest BCUT2D eigenvalue weighted by molar-refractivity contribution is 5.54. The van der Waals surface area contributed by atoms with Gasteiger partial charge >= 0.3 is 5.69 Å². The minimum atomic E-state index is -0.494. The number of rotatable bonds is 5. The van der Waals surface area contributed by atoms with Gasteiger partial charge in [0.15, 0.2) is 5.82 Å². The van der Waals surface area contributed by atoms with E-state index in [1.165, 1.54) is 4.68 Å². The lowest BCUT2D eigenvalue weighted by Gasteiger charge is -2.33. The molecule has 0 spiro atoms. The van der Waals surface area contributed by atoms with Crippen LogP contribution in [0.1, 0.15) is 12.8 Å². The second kappa shape index (κ2) is 7.69. The second-order valence-electron chi connectivity index (χ2n) is 6.76. The average molecular weight is 382 g/mol. The number of piperidine rings is 1. The highest BCUT2D eigenvalue weighted by atomic mass is 16.3. The first-order valence-electron chi connectivity index (χ1n) is 9.14. The van der Waals surface area contributed by atoms with Crippen LogP contribution < -0.4 is 21.6 Å². The molecule has 1 fully saturated rings. The molecule has 10 nitrogen and oxygen atoms in total. The molecule has 0 aliphatic carbocycles. The molecule has 4 rings (SSSR count). The van der Waals surface area contributed by atoms with Crippen molar-refractivity contribution in [2.24, 2.45) is 5.92 Å². The lowest BCUT2D eigenvalue weighted by Crippen LogP contribution is -2.38. The smallest absolute Gasteiger partial charge is 0.348 e. The SMILES string of the molecule is Nc1nc(Nc2ccccc2)nn1-c1cc(N2CCCC(CO)C2)[nH]c(=O)n1. The standard InChI is InChI=1S/C18H22N8O2/c19-16-23-17(20-13-6-2-1-3-7-13)24-26(16)15-9-14(21-18(28)22-15)25-8-4-5-12(10-25)11-27/h1-3,6-7,9,12,27H,4-5,8,10-11H2,(H,21,22,28)(H3,19,20,23,24). The number of hydrogen-bond acceptors (Lipinski definition) is 8. The van der Waals surface area contributed by atoms with E-state index in [0.717, 1.165) is 25.1 Å². The Kier molecular flexibility index (Phi) is 4.94. The van der Waals surface area contributed by atoms with Gasteiger partial charge in [0.2, 0.25) is 11.9 Å². The van der Waals surface area contributed by atoms with E-state index in [9.17, 15) is 9.90 Å². The largest absolute Gasteiger partial charge is 0.396 e. The van der Waals surface area contributed by atoms with Crippen molar-refractivity contribution in [3.63, 3.8) is 0 Å². The molecule has 1 aliphatic rings. The highest BCUT2D eigenvalue weighted by Gasteiger charge is 2.21. The van der Waals surface area contributed by atoms with Gasteiger partial charge in [0.05, 0.1) is 0 Å². The van der Waals surface area contributed by atoms with E-state index in [4.69, 9.17) is 5.73 Å². The van der Waals surface area contributed by atoms with Gasteiger partial charge in [0.1, 0.15) is 5.82 Å². The van der Waals surface area contributed by atoms with Crippen molar-refractivity contribution in [1.29, 1.82) is 0 Å². The molecule has 10 heteroatoms. The number of H-pyrrole nitrogens is 1. The molecule has 3 heterocycles. The molecule has 146 valence electrons. The van der Waals surface area contributed by atoms with Crippen molar-refractivity contribution >= 4 is 23.4 Å². The molecule has 28 heavy (non-hydrogen) atoms. The molecule has 0 radical (unpaired) electrons. The number of aliphatic hydroxyl groups is 1. The van der Waals surface area contributed by atoms with Gasteiger partial charge in [-0.05, 0) is 30.9 Å². The molecule has 0 amide bonds. The lowest BCUT2D eigenvalue weighted by molar-refractivity contribution is 0.208. The number of aromatic amines is 1. The van der Waals surface area contributed by atoms with Crippen LogP contribution >= 0.6 is 0 Å². The summed E-state index contributed by atoms with van der Waals surface area (Å²) >= 11 is 0. The summed E-state index contributed by atoms with van der Waals surface area (Å²) in [4.78, 5) is 25.1. The Morgan fingerprint density at radius 1 is 1.29 bits per heavy atom. The highest BCUT2D eigenvalue weighted by Crippen LogP contribution is 2.22. The predicted octanol–water partition coefficient (Wildman–Crippen LogP) is 0.885. The van der Waals surface area contributed by atoms with Crippen LogP contribution in [-0.2, 0) is 0 Å². The summed E-state index contributed by atoms with van der Waals surface area (Å²) in [6, 6.07) is 11.2. The topological polar surface area (TPSA) is 138 Å². The molecule has 3 aromatic rings. The third-order valence-electron chi connectivity index (χ3n) is 4.71. The number of nitrogens with two attached hydrogens (primary N) is 1. The number of aromatic nitrogens is 5. The van der Waals surface area contributed by atoms with Gasteiger partial charge in [-0.15, -0.1) is 5.10 Å². The Bertz CT molecular complexity index is 1000. The Morgan fingerprint density at radius 2 is 2.11 bits per heavy atom. The van der Waals surface area contributed by atoms with Gasteiger partial charge in [-0.25, -0.2) is 4.79 Å². The number of benzene rings is 1. The summed E-state index contributed by atoms with van der Waals surface area (Å²) < 4.78 is 1.33. The van der Waals surface area contributed by atoms with Gasteiger partial charge in [0, 0.05) is 31.5 Å². The van der Waals surface area contributed by atoms with E-state index < -0.39 is 5.69 Å². The summed E-state index contributed by atoms with van der Waals surface area (Å²) in [6.07, 6.45) is 1.92. The number of nitrogen functional groups attached to an aromatic ring is 1. The Morgan fingerprint density at radius 3 is 2.89 bits per heavy atom. The van der Waals surface area contributed by atoms with Crippen molar-refractivity contribution in [2.45, 2.75) is 12.8 Å². The summed E-state index contributed by atoms with van der Waals surface area (Å²) in [6.45, 7) is 1.59. The molecule has 1 aliphatic heterocycles. The molecule has 1 unspecified atom stereocenters. The van der Waals surface area contributed by atoms with Crippen LogP contribution in [0, 0.1) is 5.92 Å². The number of aliphatic hydroxyl groups excluding tert-OH is 1. The summed E-state index contributed by atoms with van der Waals surface area (Å²) in [5.74, 6) is 1.53. The third kappa shape index (κ3) is 3.81. The zero-order valence-corrected chi connectivity index (χ0v) is 15.2. The Balaban J connectivity index is 1.62. The summed E-state index contributed by atoms with van der Waals surface area (Å²) in [7, 11) is 0. The first kappa shape index (κ1) is 18.0. The van der Waals surface area contributed by atoms with Crippen LogP contribution in [0.2, 0.25) is 0 Å². The van der Waals surface area contributed by atoms with Gasteiger partial charge in [-0.3, -0.25) is 4.98 Å². The Labute approximate surface area is 161 Å². The monoisotopic (exact) mass is 382 g/mol. The van der Waals surface area contributed by atoms with Crippen molar-refractivity contribution in [3.05, 3.63) is 46.9 Å². The van der Waals surface area contributed by atoms with Crippen LogP contribution in [0.15, 0.2) is 41.2 Å². The van der Waals surface area contributed by atoms with E-state index >= 15 is 0 Å². The fraction of sp³-hybridized carbons (Fsp3) is 0.333. The van der Waals surface area contributed by atoms with Crippen molar-refractivity contribution in [3.8, 4) is 5.82 Å². The minimum absolute atomic E-state index is 0.120. The molecule has 2 aromatic heterocycles. The van der Waals surface area contributed by atoms with E-state index in [2.05, 4.69) is 25.4 Å². The maximum atomic E-state index is 12.1. The normalized spacial score (nSPS) is 16.9. The third-order valence-corrected chi connectivity index (χ3v) is 4.71. The number of anilines is 4. The first-order chi connectivity index (χ1) is 13.6. The van der Waals surface area contributed by atoms with E-state index in [0.29, 0.717) is 18.3 Å². The molecule has 1 aromatic carbocycles. The zero-order chi connectivity index (χ0) is 19.5. The molecule has 0 bridgehead atoms. The maximum absolute atomic E-state index is 12.1. The molecular formula is C18H22N8O2. The number of nitrogens with zero attached hydrogens (tertiary/aromatic N) is 5.